The number of ketones is 1. The van der Waals surface area contributed by atoms with Crippen LogP contribution in [-0.4, -0.2) is 40.6 Å². The molecule has 0 aliphatic carbocycles. The molecule has 22 heavy (non-hydrogen) atoms. The highest BCUT2D eigenvalue weighted by atomic mass is 32.2. The Kier molecular flexibility index (Phi) is 7.65. The number of H-pyrrole nitrogens is 1. The van der Waals surface area contributed by atoms with Crippen molar-refractivity contribution in [1.82, 2.24) is 15.3 Å². The molecule has 122 valence electrons. The molecule has 0 fully saturated rings. The first-order valence-corrected chi connectivity index (χ1v) is 8.02. The number of aromatic nitrogens is 2. The Morgan fingerprint density at radius 3 is 2.82 bits per heavy atom. The summed E-state index contributed by atoms with van der Waals surface area (Å²) in [5.74, 6) is -0.0749. The highest BCUT2D eigenvalue weighted by molar-refractivity contribution is 7.99. The molecule has 7 nitrogen and oxygen atoms in total. The largest absolute Gasteiger partial charge is 0.481 e. The number of hydrogen-bond donors (Lipinski definition) is 2. The van der Waals surface area contributed by atoms with E-state index in [1.165, 1.54) is 20.1 Å². The summed E-state index contributed by atoms with van der Waals surface area (Å²) in [7, 11) is 1.41. The molecular weight excluding hydrogens is 306 g/mol. The van der Waals surface area contributed by atoms with Crippen molar-refractivity contribution >= 4 is 23.5 Å². The maximum atomic E-state index is 11.9. The second-order valence-electron chi connectivity index (χ2n) is 4.75. The molecule has 0 aliphatic rings. The van der Waals surface area contributed by atoms with Crippen LogP contribution in [0.15, 0.2) is 16.0 Å². The monoisotopic (exact) mass is 327 g/mol. The average Bonchev–Trinajstić information content (AvgIpc) is 2.48. The first kappa shape index (κ1) is 18.2. The van der Waals surface area contributed by atoms with Crippen molar-refractivity contribution in [3.05, 3.63) is 16.4 Å². The van der Waals surface area contributed by atoms with E-state index >= 15 is 0 Å². The maximum Gasteiger partial charge on any atom is 0.255 e. The van der Waals surface area contributed by atoms with Crippen LogP contribution < -0.4 is 15.6 Å². The Balaban J connectivity index is 2.56. The minimum Gasteiger partial charge on any atom is -0.481 e. The molecule has 0 radical (unpaired) electrons. The third kappa shape index (κ3) is 6.30. The lowest BCUT2D eigenvalue weighted by molar-refractivity contribution is -0.125. The summed E-state index contributed by atoms with van der Waals surface area (Å²) in [5.41, 5.74) is -0.348. The SMILES string of the molecule is CCCCC(NC(=O)CSc1nc(OC)cc(=O)[nH]1)C(C)=O. The minimum atomic E-state index is -0.453. The number of carbonyl (C=O) groups is 2. The van der Waals surface area contributed by atoms with Crippen molar-refractivity contribution < 1.29 is 14.3 Å². The normalized spacial score (nSPS) is 11.8. The van der Waals surface area contributed by atoms with Crippen LogP contribution in [0.3, 0.4) is 0 Å². The zero-order valence-electron chi connectivity index (χ0n) is 13.0. The predicted molar refractivity (Wildman–Crippen MR) is 84.3 cm³/mol. The second kappa shape index (κ2) is 9.24. The molecule has 1 aromatic heterocycles. The fraction of sp³-hybridized carbons (Fsp3) is 0.571. The van der Waals surface area contributed by atoms with E-state index in [4.69, 9.17) is 4.74 Å². The van der Waals surface area contributed by atoms with Gasteiger partial charge < -0.3 is 15.0 Å². The number of unbranched alkanes of at least 4 members (excludes halogenated alkanes) is 1. The molecule has 0 spiro atoms. The van der Waals surface area contributed by atoms with Crippen molar-refractivity contribution in [3.63, 3.8) is 0 Å². The van der Waals surface area contributed by atoms with Crippen LogP contribution in [0.5, 0.6) is 5.88 Å². The molecule has 1 unspecified atom stereocenters. The topological polar surface area (TPSA) is 101 Å². The van der Waals surface area contributed by atoms with E-state index in [-0.39, 0.29) is 28.9 Å². The minimum absolute atomic E-state index is 0.0558. The van der Waals surface area contributed by atoms with E-state index in [9.17, 15) is 14.4 Å². The molecule has 0 bridgehead atoms. The van der Waals surface area contributed by atoms with Crippen molar-refractivity contribution in [3.8, 4) is 5.88 Å². The smallest absolute Gasteiger partial charge is 0.255 e. The van der Waals surface area contributed by atoms with E-state index in [1.54, 1.807) is 0 Å². The number of ether oxygens (including phenoxy) is 1. The summed E-state index contributed by atoms with van der Waals surface area (Å²) < 4.78 is 4.89. The predicted octanol–water partition coefficient (Wildman–Crippen LogP) is 1.13. The molecule has 1 aromatic rings. The number of thioether (sulfide) groups is 1. The highest BCUT2D eigenvalue weighted by Gasteiger charge is 2.16. The van der Waals surface area contributed by atoms with Gasteiger partial charge in [0.1, 0.15) is 0 Å². The third-order valence-electron chi connectivity index (χ3n) is 2.92. The number of aromatic amines is 1. The van der Waals surface area contributed by atoms with Crippen molar-refractivity contribution in [2.24, 2.45) is 0 Å². The van der Waals surface area contributed by atoms with E-state index in [0.717, 1.165) is 24.6 Å². The molecule has 0 aliphatic heterocycles. The van der Waals surface area contributed by atoms with Gasteiger partial charge in [0.15, 0.2) is 10.9 Å². The number of carbonyl (C=O) groups excluding carboxylic acids is 2. The quantitative estimate of drug-likeness (QED) is 0.521. The number of methoxy groups -OCH3 is 1. The lowest BCUT2D eigenvalue weighted by Crippen LogP contribution is -2.40. The summed E-state index contributed by atoms with van der Waals surface area (Å²) in [6, 6.07) is 0.770. The zero-order valence-corrected chi connectivity index (χ0v) is 13.8. The van der Waals surface area contributed by atoms with Gasteiger partial charge in [0.05, 0.1) is 25.0 Å². The summed E-state index contributed by atoms with van der Waals surface area (Å²) in [5, 5.41) is 3.00. The number of amides is 1. The Labute approximate surface area is 133 Å². The van der Waals surface area contributed by atoms with E-state index in [0.29, 0.717) is 11.6 Å². The van der Waals surface area contributed by atoms with Crippen LogP contribution in [-0.2, 0) is 9.59 Å². The number of nitrogens with one attached hydrogen (secondary N) is 2. The van der Waals surface area contributed by atoms with Crippen LogP contribution in [0.1, 0.15) is 33.1 Å². The van der Waals surface area contributed by atoms with Crippen LogP contribution in [0, 0.1) is 0 Å². The maximum absolute atomic E-state index is 11.9. The van der Waals surface area contributed by atoms with Crippen molar-refractivity contribution in [2.45, 2.75) is 44.3 Å². The molecule has 0 saturated heterocycles. The molecular formula is C14H21N3O4S. The van der Waals surface area contributed by atoms with Gasteiger partial charge in [-0.2, -0.15) is 4.98 Å². The van der Waals surface area contributed by atoms with Gasteiger partial charge >= 0.3 is 0 Å². The van der Waals surface area contributed by atoms with Gasteiger partial charge in [0.2, 0.25) is 11.8 Å². The standard InChI is InChI=1S/C14H21N3O4S/c1-4-5-6-10(9(2)18)15-12(20)8-22-14-16-11(19)7-13(17-14)21-3/h7,10H,4-6,8H2,1-3H3,(H,15,20)(H,16,17,19). The summed E-state index contributed by atoms with van der Waals surface area (Å²) in [6.07, 6.45) is 2.47. The molecule has 1 rings (SSSR count). The molecule has 1 amide bonds. The van der Waals surface area contributed by atoms with E-state index in [1.807, 2.05) is 6.92 Å². The van der Waals surface area contributed by atoms with Crippen molar-refractivity contribution in [1.29, 1.82) is 0 Å². The molecule has 0 saturated carbocycles. The Morgan fingerprint density at radius 2 is 2.23 bits per heavy atom. The van der Waals surface area contributed by atoms with Gasteiger partial charge in [-0.05, 0) is 13.3 Å². The Morgan fingerprint density at radius 1 is 1.50 bits per heavy atom. The van der Waals surface area contributed by atoms with Gasteiger partial charge in [0.25, 0.3) is 5.56 Å². The van der Waals surface area contributed by atoms with E-state index in [2.05, 4.69) is 15.3 Å². The first-order valence-electron chi connectivity index (χ1n) is 7.04. The number of rotatable bonds is 9. The molecule has 2 N–H and O–H groups in total. The first-order chi connectivity index (χ1) is 10.5. The van der Waals surface area contributed by atoms with Gasteiger partial charge in [0, 0.05) is 0 Å². The van der Waals surface area contributed by atoms with Crippen molar-refractivity contribution in [2.75, 3.05) is 12.9 Å². The van der Waals surface area contributed by atoms with Crippen LogP contribution in [0.2, 0.25) is 0 Å². The average molecular weight is 327 g/mol. The Bertz CT molecular complexity index is 573. The van der Waals surface area contributed by atoms with Gasteiger partial charge in [-0.1, -0.05) is 31.5 Å². The fourth-order valence-corrected chi connectivity index (χ4v) is 2.42. The Hall–Kier alpha value is -1.83. The second-order valence-corrected chi connectivity index (χ2v) is 5.72. The van der Waals surface area contributed by atoms with Crippen LogP contribution in [0.25, 0.3) is 0 Å². The zero-order chi connectivity index (χ0) is 16.5. The number of Topliss-reactive ketones (excluding diaryl/α,β-unsaturated/α-hetero) is 1. The molecule has 1 heterocycles. The highest BCUT2D eigenvalue weighted by Crippen LogP contribution is 2.13. The summed E-state index contributed by atoms with van der Waals surface area (Å²) >= 11 is 1.08. The van der Waals surface area contributed by atoms with Gasteiger partial charge in [-0.25, -0.2) is 0 Å². The van der Waals surface area contributed by atoms with E-state index < -0.39 is 6.04 Å². The number of hydrogen-bond acceptors (Lipinski definition) is 6. The van der Waals surface area contributed by atoms with Gasteiger partial charge in [-0.3, -0.25) is 14.4 Å². The fourth-order valence-electron chi connectivity index (χ4n) is 1.74. The lowest BCUT2D eigenvalue weighted by atomic mass is 10.1. The summed E-state index contributed by atoms with van der Waals surface area (Å²) in [6.45, 7) is 3.49. The number of nitrogens with zero attached hydrogens (tertiary/aromatic N) is 1. The lowest BCUT2D eigenvalue weighted by Gasteiger charge is -2.15. The van der Waals surface area contributed by atoms with Crippen LogP contribution >= 0.6 is 11.8 Å². The molecule has 0 aromatic carbocycles. The molecule has 8 heteroatoms. The third-order valence-corrected chi connectivity index (χ3v) is 3.79. The van der Waals surface area contributed by atoms with Crippen LogP contribution in [0.4, 0.5) is 0 Å². The molecule has 1 atom stereocenters. The van der Waals surface area contributed by atoms with Gasteiger partial charge in [-0.15, -0.1) is 0 Å². The summed E-state index contributed by atoms with van der Waals surface area (Å²) in [4.78, 5) is 41.3.